The topological polar surface area (TPSA) is 69.7 Å². The van der Waals surface area contributed by atoms with Crippen LogP contribution >= 0.6 is 0 Å². The van der Waals surface area contributed by atoms with Crippen LogP contribution in [0.1, 0.15) is 47.7 Å². The van der Waals surface area contributed by atoms with Crippen LogP contribution in [0.3, 0.4) is 0 Å². The molecule has 1 aliphatic carbocycles. The predicted octanol–water partition coefficient (Wildman–Crippen LogP) is 2.03. The van der Waals surface area contributed by atoms with Gasteiger partial charge in [-0.05, 0) is 31.4 Å². The van der Waals surface area contributed by atoms with Gasteiger partial charge in [-0.25, -0.2) is 0 Å². The molecule has 2 rings (SSSR count). The number of Topliss-reactive ketones (excluding diaryl/α,β-unsaturated/α-hetero) is 1. The zero-order valence-corrected chi connectivity index (χ0v) is 12.2. The molecule has 21 heavy (non-hydrogen) atoms. The molecular formula is C16H18O5. The Kier molecular flexibility index (Phi) is 4.73. The van der Waals surface area contributed by atoms with Crippen molar-refractivity contribution in [3.05, 3.63) is 34.9 Å². The number of hydrogen-bond donors (Lipinski definition) is 0. The third kappa shape index (κ3) is 3.12. The van der Waals surface area contributed by atoms with Crippen LogP contribution in [0.4, 0.5) is 0 Å². The second-order valence-corrected chi connectivity index (χ2v) is 4.78. The summed E-state index contributed by atoms with van der Waals surface area (Å²) in [6, 6.07) is 5.03. The molecule has 0 heterocycles. The Hall–Kier alpha value is -2.17. The largest absolute Gasteiger partial charge is 0.465 e. The SMILES string of the molecule is CCOC(=O)C(C(=O)OCC)c1ccc2c(c1)CCC2=O. The van der Waals surface area contributed by atoms with Crippen LogP contribution in [0.2, 0.25) is 0 Å². The molecule has 0 N–H and O–H groups in total. The molecule has 0 radical (unpaired) electrons. The zero-order chi connectivity index (χ0) is 15.4. The van der Waals surface area contributed by atoms with Crippen molar-refractivity contribution < 1.29 is 23.9 Å². The molecular weight excluding hydrogens is 272 g/mol. The monoisotopic (exact) mass is 290 g/mol. The van der Waals surface area contributed by atoms with E-state index in [2.05, 4.69) is 0 Å². The van der Waals surface area contributed by atoms with Crippen LogP contribution in [0.5, 0.6) is 0 Å². The summed E-state index contributed by atoms with van der Waals surface area (Å²) in [5.74, 6) is -2.24. The van der Waals surface area contributed by atoms with E-state index in [1.807, 2.05) is 0 Å². The highest BCUT2D eigenvalue weighted by Gasteiger charge is 2.32. The first-order chi connectivity index (χ1) is 10.1. The smallest absolute Gasteiger partial charge is 0.324 e. The number of carbonyl (C=O) groups is 3. The van der Waals surface area contributed by atoms with Crippen molar-refractivity contribution in [2.45, 2.75) is 32.6 Å². The van der Waals surface area contributed by atoms with Gasteiger partial charge in [0, 0.05) is 12.0 Å². The zero-order valence-electron chi connectivity index (χ0n) is 12.2. The highest BCUT2D eigenvalue weighted by atomic mass is 16.6. The molecule has 0 aromatic heterocycles. The fraction of sp³-hybridized carbons (Fsp3) is 0.438. The van der Waals surface area contributed by atoms with Crippen molar-refractivity contribution in [2.75, 3.05) is 13.2 Å². The van der Waals surface area contributed by atoms with Crippen LogP contribution < -0.4 is 0 Å². The van der Waals surface area contributed by atoms with E-state index in [-0.39, 0.29) is 19.0 Å². The predicted molar refractivity (Wildman–Crippen MR) is 75.1 cm³/mol. The molecule has 0 aliphatic heterocycles. The first-order valence-corrected chi connectivity index (χ1v) is 7.07. The van der Waals surface area contributed by atoms with Gasteiger partial charge in [0.25, 0.3) is 0 Å². The summed E-state index contributed by atoms with van der Waals surface area (Å²) in [5.41, 5.74) is 2.06. The highest BCUT2D eigenvalue weighted by Crippen LogP contribution is 2.27. The first kappa shape index (κ1) is 15.2. The molecule has 0 spiro atoms. The molecule has 112 valence electrons. The van der Waals surface area contributed by atoms with E-state index < -0.39 is 17.9 Å². The Morgan fingerprint density at radius 1 is 1.10 bits per heavy atom. The van der Waals surface area contributed by atoms with E-state index in [0.717, 1.165) is 5.56 Å². The summed E-state index contributed by atoms with van der Waals surface area (Å²) in [4.78, 5) is 35.7. The third-order valence-electron chi connectivity index (χ3n) is 3.43. The van der Waals surface area contributed by atoms with Gasteiger partial charge in [0.05, 0.1) is 13.2 Å². The van der Waals surface area contributed by atoms with Gasteiger partial charge in [-0.15, -0.1) is 0 Å². The number of esters is 2. The van der Waals surface area contributed by atoms with Crippen LogP contribution in [-0.2, 0) is 25.5 Å². The number of rotatable bonds is 5. The number of fused-ring (bicyclic) bond motifs is 1. The maximum atomic E-state index is 12.0. The first-order valence-electron chi connectivity index (χ1n) is 7.07. The van der Waals surface area contributed by atoms with E-state index in [1.54, 1.807) is 32.0 Å². The van der Waals surface area contributed by atoms with Crippen molar-refractivity contribution in [2.24, 2.45) is 0 Å². The summed E-state index contributed by atoms with van der Waals surface area (Å²) >= 11 is 0. The standard InChI is InChI=1S/C16H18O5/c1-3-20-15(18)14(16(19)21-4-2)11-5-7-12-10(9-11)6-8-13(12)17/h5,7,9,14H,3-4,6,8H2,1-2H3. The highest BCUT2D eigenvalue weighted by molar-refractivity contribution is 6.03. The molecule has 1 aromatic rings. The fourth-order valence-electron chi connectivity index (χ4n) is 2.47. The molecule has 0 saturated carbocycles. The molecule has 0 unspecified atom stereocenters. The van der Waals surface area contributed by atoms with Crippen LogP contribution in [-0.4, -0.2) is 30.9 Å². The van der Waals surface area contributed by atoms with Gasteiger partial charge in [0.2, 0.25) is 0 Å². The molecule has 1 aliphatic rings. The summed E-state index contributed by atoms with van der Waals surface area (Å²) in [6.45, 7) is 3.75. The number of ether oxygens (including phenoxy) is 2. The van der Waals surface area contributed by atoms with Crippen molar-refractivity contribution in [3.8, 4) is 0 Å². The average molecular weight is 290 g/mol. The number of aryl methyl sites for hydroxylation is 1. The molecule has 5 nitrogen and oxygen atoms in total. The summed E-state index contributed by atoms with van der Waals surface area (Å²) in [6.07, 6.45) is 1.11. The van der Waals surface area contributed by atoms with Gasteiger partial charge in [-0.2, -0.15) is 0 Å². The summed E-state index contributed by atoms with van der Waals surface area (Å²) in [5, 5.41) is 0. The molecule has 0 fully saturated rings. The van der Waals surface area contributed by atoms with E-state index in [9.17, 15) is 14.4 Å². The normalized spacial score (nSPS) is 13.2. The van der Waals surface area contributed by atoms with Crippen LogP contribution in [0.15, 0.2) is 18.2 Å². The number of carbonyl (C=O) groups excluding carboxylic acids is 3. The lowest BCUT2D eigenvalue weighted by Crippen LogP contribution is -2.26. The van der Waals surface area contributed by atoms with E-state index in [1.165, 1.54) is 0 Å². The van der Waals surface area contributed by atoms with E-state index in [0.29, 0.717) is 24.0 Å². The Balaban J connectivity index is 2.34. The summed E-state index contributed by atoms with van der Waals surface area (Å²) < 4.78 is 9.92. The maximum Gasteiger partial charge on any atom is 0.324 e. The lowest BCUT2D eigenvalue weighted by atomic mass is 9.95. The van der Waals surface area contributed by atoms with Gasteiger partial charge in [0.1, 0.15) is 0 Å². The number of hydrogen-bond acceptors (Lipinski definition) is 5. The minimum atomic E-state index is -1.09. The molecule has 0 atom stereocenters. The van der Waals surface area contributed by atoms with Gasteiger partial charge < -0.3 is 9.47 Å². The van der Waals surface area contributed by atoms with Gasteiger partial charge in [-0.1, -0.05) is 18.2 Å². The van der Waals surface area contributed by atoms with Crippen molar-refractivity contribution in [3.63, 3.8) is 0 Å². The van der Waals surface area contributed by atoms with Crippen molar-refractivity contribution in [1.82, 2.24) is 0 Å². The van der Waals surface area contributed by atoms with Gasteiger partial charge in [0.15, 0.2) is 11.7 Å². The molecule has 0 amide bonds. The Morgan fingerprint density at radius 2 is 1.71 bits per heavy atom. The minimum Gasteiger partial charge on any atom is -0.465 e. The quantitative estimate of drug-likeness (QED) is 0.613. The Morgan fingerprint density at radius 3 is 2.29 bits per heavy atom. The summed E-state index contributed by atoms with van der Waals surface area (Å²) in [7, 11) is 0. The lowest BCUT2D eigenvalue weighted by Gasteiger charge is -2.15. The minimum absolute atomic E-state index is 0.0976. The number of ketones is 1. The molecule has 5 heteroatoms. The molecule has 0 bridgehead atoms. The third-order valence-corrected chi connectivity index (χ3v) is 3.43. The van der Waals surface area contributed by atoms with E-state index in [4.69, 9.17) is 9.47 Å². The van der Waals surface area contributed by atoms with Crippen molar-refractivity contribution in [1.29, 1.82) is 0 Å². The van der Waals surface area contributed by atoms with Crippen LogP contribution in [0.25, 0.3) is 0 Å². The van der Waals surface area contributed by atoms with Gasteiger partial charge in [-0.3, -0.25) is 14.4 Å². The van der Waals surface area contributed by atoms with Gasteiger partial charge >= 0.3 is 11.9 Å². The number of benzene rings is 1. The lowest BCUT2D eigenvalue weighted by molar-refractivity contribution is -0.156. The second-order valence-electron chi connectivity index (χ2n) is 4.78. The average Bonchev–Trinajstić information content (AvgIpc) is 2.81. The molecule has 1 aromatic carbocycles. The van der Waals surface area contributed by atoms with E-state index >= 15 is 0 Å². The fourth-order valence-corrected chi connectivity index (χ4v) is 2.47. The van der Waals surface area contributed by atoms with Crippen LogP contribution in [0, 0.1) is 0 Å². The maximum absolute atomic E-state index is 12.0. The molecule has 0 saturated heterocycles. The Bertz CT molecular complexity index is 558. The second kappa shape index (κ2) is 6.52. The Labute approximate surface area is 123 Å². The van der Waals surface area contributed by atoms with Crippen molar-refractivity contribution >= 4 is 17.7 Å².